The highest BCUT2D eigenvalue weighted by Gasteiger charge is 2.24. The number of aryl methyl sites for hydroxylation is 1. The predicted octanol–water partition coefficient (Wildman–Crippen LogP) is 6.10. The van der Waals surface area contributed by atoms with Crippen LogP contribution in [-0.4, -0.2) is 16.0 Å². The van der Waals surface area contributed by atoms with E-state index in [1.807, 2.05) is 36.4 Å². The van der Waals surface area contributed by atoms with Gasteiger partial charge in [-0.2, -0.15) is 0 Å². The molecule has 1 fully saturated rings. The lowest BCUT2D eigenvalue weighted by Crippen LogP contribution is -2.37. The van der Waals surface area contributed by atoms with Gasteiger partial charge in [-0.05, 0) is 68.5 Å². The van der Waals surface area contributed by atoms with Crippen molar-refractivity contribution in [3.63, 3.8) is 0 Å². The van der Waals surface area contributed by atoms with Gasteiger partial charge in [-0.25, -0.2) is 9.97 Å². The summed E-state index contributed by atoms with van der Waals surface area (Å²) in [5.74, 6) is 6.83. The van der Waals surface area contributed by atoms with Crippen LogP contribution in [-0.2, 0) is 0 Å². The van der Waals surface area contributed by atoms with E-state index in [0.717, 1.165) is 47.6 Å². The first kappa shape index (κ1) is 24.6. The summed E-state index contributed by atoms with van der Waals surface area (Å²) >= 11 is 5.97. The van der Waals surface area contributed by atoms with Crippen molar-refractivity contribution in [2.75, 3.05) is 0 Å². The van der Waals surface area contributed by atoms with E-state index in [1.165, 1.54) is 16.6 Å². The highest BCUT2D eigenvalue weighted by Crippen LogP contribution is 2.35. The normalized spacial score (nSPS) is 18.8. The Morgan fingerprint density at radius 3 is 2.33 bits per heavy atom. The van der Waals surface area contributed by atoms with Crippen LogP contribution in [0.1, 0.15) is 54.2 Å². The number of aromatic nitrogens is 2. The molecule has 160 valence electrons. The van der Waals surface area contributed by atoms with Gasteiger partial charge in [-0.15, -0.1) is 24.8 Å². The number of rotatable bonds is 4. The lowest BCUT2D eigenvalue weighted by atomic mass is 9.83. The Bertz CT molecular complexity index is 997. The van der Waals surface area contributed by atoms with Crippen molar-refractivity contribution in [1.29, 1.82) is 0 Å². The highest BCUT2D eigenvalue weighted by atomic mass is 35.5. The molecule has 0 saturated heterocycles. The molecule has 7 heteroatoms. The molecule has 30 heavy (non-hydrogen) atoms. The molecule has 0 aliphatic heterocycles. The number of halogens is 3. The average Bonchev–Trinajstić information content (AvgIpc) is 2.73. The first-order chi connectivity index (χ1) is 13.6. The number of benzene rings is 2. The molecule has 0 radical (unpaired) electrons. The van der Waals surface area contributed by atoms with E-state index in [1.54, 1.807) is 0 Å². The van der Waals surface area contributed by atoms with Crippen molar-refractivity contribution >= 4 is 59.5 Å². The molecule has 4 nitrogen and oxygen atoms in total. The Balaban J connectivity index is 0.00000160. The number of hydrazine groups is 1. The number of hydrogen-bond acceptors (Lipinski definition) is 4. The quantitative estimate of drug-likeness (QED) is 0.361. The Morgan fingerprint density at radius 1 is 0.967 bits per heavy atom. The van der Waals surface area contributed by atoms with Crippen LogP contribution in [0.4, 0.5) is 0 Å². The molecular formula is C23H27Cl3N4. The smallest absolute Gasteiger partial charge is 0.152 e. The van der Waals surface area contributed by atoms with Gasteiger partial charge < -0.3 is 0 Å². The van der Waals surface area contributed by atoms with E-state index < -0.39 is 0 Å². The van der Waals surface area contributed by atoms with E-state index in [2.05, 4.69) is 30.5 Å². The summed E-state index contributed by atoms with van der Waals surface area (Å²) in [5, 5.41) is 1.91. The minimum atomic E-state index is 0. The summed E-state index contributed by atoms with van der Waals surface area (Å²) in [5.41, 5.74) is 7.41. The van der Waals surface area contributed by atoms with Gasteiger partial charge in [0.25, 0.3) is 0 Å². The van der Waals surface area contributed by atoms with Gasteiger partial charge in [-0.3, -0.25) is 11.3 Å². The number of nitrogens with one attached hydrogen (secondary N) is 1. The Hall–Kier alpha value is -1.69. The SMILES string of the molecule is Cc1ccc2nc(/C=C/c3ccc(Cl)cc3)nc(C3CCC(NN)CC3)c2c1.Cl.Cl. The Morgan fingerprint density at radius 2 is 1.67 bits per heavy atom. The summed E-state index contributed by atoms with van der Waals surface area (Å²) in [6, 6.07) is 14.6. The number of nitrogens with zero attached hydrogens (tertiary/aromatic N) is 2. The second-order valence-corrected chi connectivity index (χ2v) is 8.02. The van der Waals surface area contributed by atoms with Gasteiger partial charge in [0.15, 0.2) is 5.82 Å². The average molecular weight is 466 g/mol. The highest BCUT2D eigenvalue weighted by molar-refractivity contribution is 6.30. The zero-order chi connectivity index (χ0) is 19.5. The van der Waals surface area contributed by atoms with Crippen LogP contribution < -0.4 is 11.3 Å². The molecule has 0 spiro atoms. The minimum absolute atomic E-state index is 0. The van der Waals surface area contributed by atoms with Crippen LogP contribution in [0.3, 0.4) is 0 Å². The lowest BCUT2D eigenvalue weighted by Gasteiger charge is -2.28. The molecule has 1 aliphatic carbocycles. The summed E-state index contributed by atoms with van der Waals surface area (Å²) in [6.45, 7) is 2.12. The maximum absolute atomic E-state index is 5.97. The molecule has 1 heterocycles. The standard InChI is InChI=1S/C23H25ClN4.2ClH/c1-15-2-12-21-20(14-15)23(17-6-10-19(28-25)11-7-17)27-22(26-21)13-5-16-3-8-18(24)9-4-16;;/h2-5,8-9,12-14,17,19,28H,6-7,10-11,25H2,1H3;2*1H/b13-5+;;. The fourth-order valence-electron chi connectivity index (χ4n) is 3.95. The minimum Gasteiger partial charge on any atom is -0.271 e. The molecular weight excluding hydrogens is 439 g/mol. The predicted molar refractivity (Wildman–Crippen MR) is 131 cm³/mol. The summed E-state index contributed by atoms with van der Waals surface area (Å²) in [7, 11) is 0. The van der Waals surface area contributed by atoms with Gasteiger partial charge in [-0.1, -0.05) is 41.4 Å². The van der Waals surface area contributed by atoms with Crippen molar-refractivity contribution in [2.24, 2.45) is 5.84 Å². The van der Waals surface area contributed by atoms with Crippen LogP contribution in [0.2, 0.25) is 5.02 Å². The molecule has 0 atom stereocenters. The fraction of sp³-hybridized carbons (Fsp3) is 0.304. The summed E-state index contributed by atoms with van der Waals surface area (Å²) < 4.78 is 0. The zero-order valence-electron chi connectivity index (χ0n) is 16.8. The third-order valence-corrected chi connectivity index (χ3v) is 5.79. The molecule has 0 bridgehead atoms. The fourth-order valence-corrected chi connectivity index (χ4v) is 4.07. The van der Waals surface area contributed by atoms with Gasteiger partial charge >= 0.3 is 0 Å². The molecule has 3 aromatic rings. The summed E-state index contributed by atoms with van der Waals surface area (Å²) in [4.78, 5) is 9.75. The van der Waals surface area contributed by atoms with Gasteiger partial charge in [0, 0.05) is 22.4 Å². The Labute approximate surface area is 195 Å². The van der Waals surface area contributed by atoms with E-state index in [-0.39, 0.29) is 24.8 Å². The maximum Gasteiger partial charge on any atom is 0.152 e. The first-order valence-electron chi connectivity index (χ1n) is 9.80. The van der Waals surface area contributed by atoms with E-state index in [4.69, 9.17) is 27.4 Å². The Kier molecular flexibility index (Phi) is 9.08. The molecule has 0 unspecified atom stereocenters. The molecule has 1 aromatic heterocycles. The number of fused-ring (bicyclic) bond motifs is 1. The molecule has 1 saturated carbocycles. The van der Waals surface area contributed by atoms with Gasteiger partial charge in [0.05, 0.1) is 11.2 Å². The summed E-state index contributed by atoms with van der Waals surface area (Å²) in [6.07, 6.45) is 8.36. The van der Waals surface area contributed by atoms with Crippen molar-refractivity contribution < 1.29 is 0 Å². The largest absolute Gasteiger partial charge is 0.271 e. The van der Waals surface area contributed by atoms with Crippen LogP contribution in [0.5, 0.6) is 0 Å². The number of nitrogens with two attached hydrogens (primary N) is 1. The van der Waals surface area contributed by atoms with Crippen molar-refractivity contribution in [2.45, 2.75) is 44.6 Å². The first-order valence-corrected chi connectivity index (χ1v) is 10.2. The van der Waals surface area contributed by atoms with Crippen LogP contribution >= 0.6 is 36.4 Å². The van der Waals surface area contributed by atoms with Gasteiger partial charge in [0.2, 0.25) is 0 Å². The van der Waals surface area contributed by atoms with E-state index in [0.29, 0.717) is 12.0 Å². The molecule has 3 N–H and O–H groups in total. The van der Waals surface area contributed by atoms with E-state index >= 15 is 0 Å². The molecule has 1 aliphatic rings. The van der Waals surface area contributed by atoms with Crippen LogP contribution in [0.15, 0.2) is 42.5 Å². The second-order valence-electron chi connectivity index (χ2n) is 7.59. The lowest BCUT2D eigenvalue weighted by molar-refractivity contribution is 0.344. The topological polar surface area (TPSA) is 63.8 Å². The van der Waals surface area contributed by atoms with Crippen molar-refractivity contribution in [3.05, 3.63) is 70.1 Å². The second kappa shape index (κ2) is 11.1. The third kappa shape index (κ3) is 5.71. The third-order valence-electron chi connectivity index (χ3n) is 5.54. The molecule has 2 aromatic carbocycles. The van der Waals surface area contributed by atoms with Crippen molar-refractivity contribution in [1.82, 2.24) is 15.4 Å². The zero-order valence-corrected chi connectivity index (χ0v) is 19.2. The maximum atomic E-state index is 5.97. The molecule has 4 rings (SSSR count). The van der Waals surface area contributed by atoms with Crippen LogP contribution in [0.25, 0.3) is 23.1 Å². The van der Waals surface area contributed by atoms with E-state index in [9.17, 15) is 0 Å². The van der Waals surface area contributed by atoms with Gasteiger partial charge in [0.1, 0.15) is 0 Å². The molecule has 0 amide bonds. The van der Waals surface area contributed by atoms with Crippen molar-refractivity contribution in [3.8, 4) is 0 Å². The number of hydrogen-bond donors (Lipinski definition) is 2. The monoisotopic (exact) mass is 464 g/mol. The van der Waals surface area contributed by atoms with Crippen LogP contribution in [0, 0.1) is 6.92 Å².